The van der Waals surface area contributed by atoms with E-state index in [9.17, 15) is 0 Å². The second-order valence-electron chi connectivity index (χ2n) is 4.46. The number of nitrogens with one attached hydrogen (secondary N) is 1. The Labute approximate surface area is 93.1 Å². The van der Waals surface area contributed by atoms with Crippen molar-refractivity contribution in [2.75, 3.05) is 13.1 Å². The summed E-state index contributed by atoms with van der Waals surface area (Å²) in [5.41, 5.74) is 1.72. The molecule has 3 nitrogen and oxygen atoms in total. The monoisotopic (exact) mass is 221 g/mol. The summed E-state index contributed by atoms with van der Waals surface area (Å²) in [4.78, 5) is 5.76. The lowest BCUT2D eigenvalue weighted by Crippen LogP contribution is -2.54. The van der Waals surface area contributed by atoms with Gasteiger partial charge in [-0.15, -0.1) is 11.3 Å². The molecule has 4 heteroatoms. The Kier molecular flexibility index (Phi) is 2.07. The second kappa shape index (κ2) is 3.32. The molecule has 0 aromatic carbocycles. The molecular weight excluding hydrogens is 206 g/mol. The number of hydrogen-bond donors (Lipinski definition) is 1. The van der Waals surface area contributed by atoms with Crippen molar-refractivity contribution in [2.24, 2.45) is 5.41 Å². The number of nitrogens with zero attached hydrogens (tertiary/aromatic N) is 2. The highest BCUT2D eigenvalue weighted by Crippen LogP contribution is 2.31. The van der Waals surface area contributed by atoms with E-state index in [1.54, 1.807) is 11.3 Å². The number of fused-ring (bicyclic) bond motifs is 1. The first-order valence-electron chi connectivity index (χ1n) is 5.43. The second-order valence-corrected chi connectivity index (χ2v) is 5.33. The average molecular weight is 221 g/mol. The Morgan fingerprint density at radius 2 is 2.47 bits per heavy atom. The highest BCUT2D eigenvalue weighted by molar-refractivity contribution is 7.15. The van der Waals surface area contributed by atoms with Crippen LogP contribution < -0.4 is 5.32 Å². The van der Waals surface area contributed by atoms with Crippen molar-refractivity contribution in [3.8, 4) is 0 Å². The smallest absolute Gasteiger partial charge is 0.193 e. The summed E-state index contributed by atoms with van der Waals surface area (Å²) in [5.74, 6) is 0. The van der Waals surface area contributed by atoms with Crippen LogP contribution in [0.25, 0.3) is 4.96 Å². The minimum Gasteiger partial charge on any atom is -0.316 e. The molecule has 0 aliphatic carbocycles. The first-order valence-corrected chi connectivity index (χ1v) is 6.31. The molecule has 0 unspecified atom stereocenters. The van der Waals surface area contributed by atoms with Gasteiger partial charge < -0.3 is 5.32 Å². The van der Waals surface area contributed by atoms with E-state index in [1.807, 2.05) is 0 Å². The maximum atomic E-state index is 4.64. The molecule has 3 rings (SSSR count). The van der Waals surface area contributed by atoms with Gasteiger partial charge in [0, 0.05) is 36.3 Å². The highest BCUT2D eigenvalue weighted by Gasteiger charge is 2.35. The molecule has 2 aromatic rings. The molecule has 0 radical (unpaired) electrons. The van der Waals surface area contributed by atoms with Gasteiger partial charge in [0.05, 0.1) is 5.69 Å². The number of thiazole rings is 1. The van der Waals surface area contributed by atoms with Crippen LogP contribution in [0.2, 0.25) is 0 Å². The topological polar surface area (TPSA) is 29.3 Å². The Morgan fingerprint density at radius 3 is 3.07 bits per heavy atom. The average Bonchev–Trinajstić information content (AvgIpc) is 2.70. The van der Waals surface area contributed by atoms with Gasteiger partial charge in [-0.2, -0.15) is 0 Å². The van der Waals surface area contributed by atoms with Crippen molar-refractivity contribution < 1.29 is 0 Å². The van der Waals surface area contributed by atoms with E-state index in [2.05, 4.69) is 39.4 Å². The number of rotatable bonds is 3. The van der Waals surface area contributed by atoms with E-state index in [1.165, 1.54) is 12.1 Å². The van der Waals surface area contributed by atoms with Crippen molar-refractivity contribution >= 4 is 16.3 Å². The van der Waals surface area contributed by atoms with E-state index in [0.29, 0.717) is 5.41 Å². The molecule has 0 bridgehead atoms. The van der Waals surface area contributed by atoms with Crippen LogP contribution in [0, 0.1) is 5.41 Å². The van der Waals surface area contributed by atoms with E-state index >= 15 is 0 Å². The lowest BCUT2D eigenvalue weighted by Gasteiger charge is -2.41. The molecule has 1 aliphatic rings. The summed E-state index contributed by atoms with van der Waals surface area (Å²) < 4.78 is 2.12. The first kappa shape index (κ1) is 9.36. The molecular formula is C11H15N3S. The van der Waals surface area contributed by atoms with Gasteiger partial charge in [0.15, 0.2) is 4.96 Å². The molecule has 1 fully saturated rings. The third-order valence-electron chi connectivity index (χ3n) is 3.45. The molecule has 0 amide bonds. The Bertz CT molecular complexity index is 433. The predicted molar refractivity (Wildman–Crippen MR) is 62.4 cm³/mol. The van der Waals surface area contributed by atoms with E-state index in [-0.39, 0.29) is 0 Å². The van der Waals surface area contributed by atoms with Gasteiger partial charge in [-0.1, -0.05) is 6.92 Å². The van der Waals surface area contributed by atoms with Crippen LogP contribution in [0.1, 0.15) is 19.0 Å². The lowest BCUT2D eigenvalue weighted by atomic mass is 9.75. The van der Waals surface area contributed by atoms with E-state index < -0.39 is 0 Å². The van der Waals surface area contributed by atoms with Crippen LogP contribution in [0.4, 0.5) is 0 Å². The van der Waals surface area contributed by atoms with Gasteiger partial charge in [0.1, 0.15) is 0 Å². The summed E-state index contributed by atoms with van der Waals surface area (Å²) >= 11 is 1.70. The van der Waals surface area contributed by atoms with Gasteiger partial charge in [-0.05, 0) is 12.8 Å². The first-order chi connectivity index (χ1) is 7.31. The molecule has 3 heterocycles. The SMILES string of the molecule is CCC1(Cc2cn3ccsc3n2)CNC1. The molecule has 1 N–H and O–H groups in total. The molecule has 80 valence electrons. The fourth-order valence-electron chi connectivity index (χ4n) is 2.22. The zero-order valence-corrected chi connectivity index (χ0v) is 9.68. The Balaban J connectivity index is 1.85. The van der Waals surface area contributed by atoms with Crippen LogP contribution in [-0.2, 0) is 6.42 Å². The molecule has 0 spiro atoms. The van der Waals surface area contributed by atoms with E-state index in [0.717, 1.165) is 24.5 Å². The van der Waals surface area contributed by atoms with Gasteiger partial charge in [-0.3, -0.25) is 4.40 Å². The zero-order chi connectivity index (χ0) is 10.3. The van der Waals surface area contributed by atoms with E-state index in [4.69, 9.17) is 0 Å². The summed E-state index contributed by atoms with van der Waals surface area (Å²) in [5, 5.41) is 5.44. The van der Waals surface area contributed by atoms with Crippen LogP contribution >= 0.6 is 11.3 Å². The van der Waals surface area contributed by atoms with Crippen molar-refractivity contribution in [3.63, 3.8) is 0 Å². The van der Waals surface area contributed by atoms with Gasteiger partial charge in [0.2, 0.25) is 0 Å². The molecule has 1 aliphatic heterocycles. The van der Waals surface area contributed by atoms with Crippen molar-refractivity contribution in [1.29, 1.82) is 0 Å². The molecule has 15 heavy (non-hydrogen) atoms. The van der Waals surface area contributed by atoms with Crippen molar-refractivity contribution in [2.45, 2.75) is 19.8 Å². The van der Waals surface area contributed by atoms with Crippen molar-refractivity contribution in [1.82, 2.24) is 14.7 Å². The van der Waals surface area contributed by atoms with Crippen LogP contribution in [0.3, 0.4) is 0 Å². The molecule has 0 atom stereocenters. The number of hydrogen-bond acceptors (Lipinski definition) is 3. The van der Waals surface area contributed by atoms with Crippen LogP contribution in [0.5, 0.6) is 0 Å². The Morgan fingerprint density at radius 1 is 1.60 bits per heavy atom. The standard InChI is InChI=1S/C11H15N3S/c1-2-11(7-12-8-11)5-9-6-14-3-4-15-10(14)13-9/h3-4,6,12H,2,5,7-8H2,1H3. The minimum atomic E-state index is 0.476. The Hall–Kier alpha value is -0.870. The minimum absolute atomic E-state index is 0.476. The summed E-state index contributed by atoms with van der Waals surface area (Å²) in [6.45, 7) is 4.57. The summed E-state index contributed by atoms with van der Waals surface area (Å²) in [7, 11) is 0. The number of imidazole rings is 1. The fraction of sp³-hybridized carbons (Fsp3) is 0.545. The molecule has 1 saturated heterocycles. The van der Waals surface area contributed by atoms with Crippen LogP contribution in [0.15, 0.2) is 17.8 Å². The van der Waals surface area contributed by atoms with Crippen molar-refractivity contribution in [3.05, 3.63) is 23.5 Å². The molecule has 0 saturated carbocycles. The normalized spacial score (nSPS) is 19.3. The zero-order valence-electron chi connectivity index (χ0n) is 8.86. The third kappa shape index (κ3) is 1.48. The predicted octanol–water partition coefficient (Wildman–Crippen LogP) is 1.94. The van der Waals surface area contributed by atoms with Gasteiger partial charge in [0.25, 0.3) is 0 Å². The fourth-order valence-corrected chi connectivity index (χ4v) is 2.94. The van der Waals surface area contributed by atoms with Gasteiger partial charge >= 0.3 is 0 Å². The summed E-state index contributed by atoms with van der Waals surface area (Å²) in [6.07, 6.45) is 6.60. The maximum absolute atomic E-state index is 4.64. The highest BCUT2D eigenvalue weighted by atomic mass is 32.1. The third-order valence-corrected chi connectivity index (χ3v) is 4.22. The lowest BCUT2D eigenvalue weighted by molar-refractivity contribution is 0.159. The quantitative estimate of drug-likeness (QED) is 0.858. The van der Waals surface area contributed by atoms with Gasteiger partial charge in [-0.25, -0.2) is 4.98 Å². The van der Waals surface area contributed by atoms with Crippen LogP contribution in [-0.4, -0.2) is 22.5 Å². The number of aromatic nitrogens is 2. The summed E-state index contributed by atoms with van der Waals surface area (Å²) in [6, 6.07) is 0. The maximum Gasteiger partial charge on any atom is 0.193 e. The molecule has 2 aromatic heterocycles. The largest absolute Gasteiger partial charge is 0.316 e.